The van der Waals surface area contributed by atoms with E-state index in [9.17, 15) is 10.0 Å². The second-order valence-electron chi connectivity index (χ2n) is 7.14. The van der Waals surface area contributed by atoms with Gasteiger partial charge in [-0.15, -0.1) is 0 Å². The molecular formula is C14H27NO2. The number of carbonyl (C=O) groups is 1. The van der Waals surface area contributed by atoms with E-state index in [4.69, 9.17) is 0 Å². The Labute approximate surface area is 105 Å². The first-order valence-corrected chi connectivity index (χ1v) is 6.50. The van der Waals surface area contributed by atoms with E-state index in [0.29, 0.717) is 0 Å². The first kappa shape index (κ1) is 14.7. The molecule has 0 aromatic rings. The highest BCUT2D eigenvalue weighted by Gasteiger charge is 2.55. The molecule has 17 heavy (non-hydrogen) atoms. The Morgan fingerprint density at radius 3 is 2.12 bits per heavy atom. The van der Waals surface area contributed by atoms with Gasteiger partial charge >= 0.3 is 0 Å². The summed E-state index contributed by atoms with van der Waals surface area (Å²) >= 11 is 0. The molecule has 1 aliphatic rings. The van der Waals surface area contributed by atoms with Gasteiger partial charge < -0.3 is 5.21 Å². The summed E-state index contributed by atoms with van der Waals surface area (Å²) in [5.41, 5.74) is -1.11. The van der Waals surface area contributed by atoms with Crippen molar-refractivity contribution in [3.05, 3.63) is 0 Å². The number of rotatable bonds is 3. The maximum Gasteiger partial charge on any atom is 0.143 e. The SMILES string of the molecule is CCC(C)(C)C(=O)C1CC(C)(C)N(O)C1(C)C. The van der Waals surface area contributed by atoms with Crippen molar-refractivity contribution < 1.29 is 10.0 Å². The van der Waals surface area contributed by atoms with Gasteiger partial charge in [-0.25, -0.2) is 0 Å². The highest BCUT2D eigenvalue weighted by Crippen LogP contribution is 2.46. The molecule has 0 bridgehead atoms. The number of ketones is 1. The fraction of sp³-hybridized carbons (Fsp3) is 0.929. The van der Waals surface area contributed by atoms with Crippen LogP contribution in [0.4, 0.5) is 0 Å². The van der Waals surface area contributed by atoms with Gasteiger partial charge in [-0.05, 0) is 40.5 Å². The second-order valence-corrected chi connectivity index (χ2v) is 7.14. The summed E-state index contributed by atoms with van der Waals surface area (Å²) in [5, 5.41) is 11.6. The maximum absolute atomic E-state index is 12.6. The van der Waals surface area contributed by atoms with E-state index in [2.05, 4.69) is 0 Å². The number of hydrogen-bond acceptors (Lipinski definition) is 3. The van der Waals surface area contributed by atoms with Gasteiger partial charge in [0.25, 0.3) is 0 Å². The molecule has 1 N–H and O–H groups in total. The number of hydrogen-bond donors (Lipinski definition) is 1. The van der Waals surface area contributed by atoms with Crippen LogP contribution in [0.3, 0.4) is 0 Å². The topological polar surface area (TPSA) is 40.5 Å². The first-order chi connectivity index (χ1) is 7.47. The molecule has 1 fully saturated rings. The van der Waals surface area contributed by atoms with E-state index in [0.717, 1.165) is 12.8 Å². The summed E-state index contributed by atoms with van der Waals surface area (Å²) in [6, 6.07) is 0. The lowest BCUT2D eigenvalue weighted by Crippen LogP contribution is -2.49. The molecule has 0 saturated carbocycles. The Morgan fingerprint density at radius 2 is 1.82 bits per heavy atom. The van der Waals surface area contributed by atoms with Gasteiger partial charge in [-0.3, -0.25) is 4.79 Å². The number of nitrogens with zero attached hydrogens (tertiary/aromatic N) is 1. The van der Waals surface area contributed by atoms with E-state index in [1.54, 1.807) is 0 Å². The molecule has 0 radical (unpaired) electrons. The van der Waals surface area contributed by atoms with Crippen LogP contribution < -0.4 is 0 Å². The van der Waals surface area contributed by atoms with Crippen molar-refractivity contribution in [2.45, 2.75) is 72.4 Å². The Morgan fingerprint density at radius 1 is 1.35 bits per heavy atom. The molecule has 0 aromatic carbocycles. The lowest BCUT2D eigenvalue weighted by atomic mass is 9.72. The zero-order chi connectivity index (χ0) is 13.6. The highest BCUT2D eigenvalue weighted by atomic mass is 16.5. The van der Waals surface area contributed by atoms with Crippen molar-refractivity contribution >= 4 is 5.78 Å². The quantitative estimate of drug-likeness (QED) is 0.824. The minimum Gasteiger partial charge on any atom is -0.313 e. The first-order valence-electron chi connectivity index (χ1n) is 6.50. The third kappa shape index (κ3) is 2.27. The Bertz CT molecular complexity index is 318. The van der Waals surface area contributed by atoms with Crippen LogP contribution in [0, 0.1) is 11.3 Å². The third-order valence-corrected chi connectivity index (χ3v) is 4.54. The zero-order valence-electron chi connectivity index (χ0n) is 12.3. The molecule has 100 valence electrons. The Kier molecular flexibility index (Phi) is 3.50. The molecule has 0 amide bonds. The molecule has 0 spiro atoms. The Balaban J connectivity index is 3.05. The summed E-state index contributed by atoms with van der Waals surface area (Å²) < 4.78 is 0. The monoisotopic (exact) mass is 241 g/mol. The average molecular weight is 241 g/mol. The van der Waals surface area contributed by atoms with Gasteiger partial charge in [-0.2, -0.15) is 5.06 Å². The van der Waals surface area contributed by atoms with E-state index in [1.165, 1.54) is 5.06 Å². The Hall–Kier alpha value is -0.410. The van der Waals surface area contributed by atoms with E-state index < -0.39 is 5.54 Å². The van der Waals surface area contributed by atoms with E-state index in [-0.39, 0.29) is 22.7 Å². The van der Waals surface area contributed by atoms with Crippen LogP contribution in [0.25, 0.3) is 0 Å². The van der Waals surface area contributed by atoms with E-state index >= 15 is 0 Å². The van der Waals surface area contributed by atoms with Crippen LogP contribution in [0.2, 0.25) is 0 Å². The van der Waals surface area contributed by atoms with Crippen molar-refractivity contribution in [2.75, 3.05) is 0 Å². The fourth-order valence-electron chi connectivity index (χ4n) is 2.82. The summed E-state index contributed by atoms with van der Waals surface area (Å²) in [6.07, 6.45) is 1.56. The molecule has 0 aromatic heterocycles. The van der Waals surface area contributed by atoms with Gasteiger partial charge in [0.2, 0.25) is 0 Å². The van der Waals surface area contributed by atoms with Crippen molar-refractivity contribution in [3.63, 3.8) is 0 Å². The predicted molar refractivity (Wildman–Crippen MR) is 69.0 cm³/mol. The molecule has 1 unspecified atom stereocenters. The minimum absolute atomic E-state index is 0.0996. The predicted octanol–water partition coefficient (Wildman–Crippen LogP) is 3.26. The van der Waals surface area contributed by atoms with Crippen LogP contribution >= 0.6 is 0 Å². The van der Waals surface area contributed by atoms with Crippen LogP contribution in [0.5, 0.6) is 0 Å². The molecule has 3 heteroatoms. The van der Waals surface area contributed by atoms with Crippen LogP contribution in [0.15, 0.2) is 0 Å². The van der Waals surface area contributed by atoms with Crippen LogP contribution in [-0.4, -0.2) is 27.1 Å². The summed E-state index contributed by atoms with van der Waals surface area (Å²) in [4.78, 5) is 12.6. The molecule has 1 saturated heterocycles. The second kappa shape index (κ2) is 4.06. The van der Waals surface area contributed by atoms with Crippen molar-refractivity contribution in [3.8, 4) is 0 Å². The van der Waals surface area contributed by atoms with Crippen molar-refractivity contribution in [2.24, 2.45) is 11.3 Å². The molecule has 3 nitrogen and oxygen atoms in total. The average Bonchev–Trinajstić information content (AvgIpc) is 2.38. The third-order valence-electron chi connectivity index (χ3n) is 4.54. The molecule has 1 aliphatic heterocycles. The van der Waals surface area contributed by atoms with Gasteiger partial charge in [0, 0.05) is 16.9 Å². The highest BCUT2D eigenvalue weighted by molar-refractivity contribution is 5.87. The van der Waals surface area contributed by atoms with Gasteiger partial charge in [-0.1, -0.05) is 20.8 Å². The van der Waals surface area contributed by atoms with Gasteiger partial charge in [0.1, 0.15) is 5.78 Å². The van der Waals surface area contributed by atoms with Gasteiger partial charge in [0.15, 0.2) is 0 Å². The van der Waals surface area contributed by atoms with Crippen LogP contribution in [0.1, 0.15) is 61.3 Å². The van der Waals surface area contributed by atoms with Gasteiger partial charge in [0.05, 0.1) is 5.54 Å². The van der Waals surface area contributed by atoms with Crippen molar-refractivity contribution in [1.29, 1.82) is 0 Å². The molecular weight excluding hydrogens is 214 g/mol. The number of Topliss-reactive ketones (excluding diaryl/α,β-unsaturated/α-hetero) is 1. The number of carbonyl (C=O) groups excluding carboxylic acids is 1. The largest absolute Gasteiger partial charge is 0.313 e. The fourth-order valence-corrected chi connectivity index (χ4v) is 2.82. The van der Waals surface area contributed by atoms with Crippen LogP contribution in [-0.2, 0) is 4.79 Å². The smallest absolute Gasteiger partial charge is 0.143 e. The lowest BCUT2D eigenvalue weighted by Gasteiger charge is -2.37. The molecule has 1 rings (SSSR count). The maximum atomic E-state index is 12.6. The molecule has 0 aliphatic carbocycles. The standard InChI is InChI=1S/C14H27NO2/c1-8-12(2,3)11(16)10-9-13(4,5)15(17)14(10,6)7/h10,17H,8-9H2,1-7H3. The summed E-state index contributed by atoms with van der Waals surface area (Å²) in [5.74, 6) is 0.173. The molecule has 1 atom stereocenters. The summed E-state index contributed by atoms with van der Waals surface area (Å²) in [7, 11) is 0. The summed E-state index contributed by atoms with van der Waals surface area (Å²) in [6.45, 7) is 13.9. The zero-order valence-corrected chi connectivity index (χ0v) is 12.3. The minimum atomic E-state index is -0.479. The lowest BCUT2D eigenvalue weighted by molar-refractivity contribution is -0.197. The van der Waals surface area contributed by atoms with Crippen molar-refractivity contribution in [1.82, 2.24) is 5.06 Å². The normalized spacial score (nSPS) is 28.4. The van der Waals surface area contributed by atoms with E-state index in [1.807, 2.05) is 48.5 Å². The molecule has 1 heterocycles. The number of hydroxylamine groups is 2.